The first-order valence-electron chi connectivity index (χ1n) is 5.21. The van der Waals surface area contributed by atoms with Crippen LogP contribution < -0.4 is 5.73 Å². The fourth-order valence-corrected chi connectivity index (χ4v) is 1.77. The van der Waals surface area contributed by atoms with Gasteiger partial charge in [0.1, 0.15) is 0 Å². The minimum Gasteiger partial charge on any atom is -0.479 e. The highest BCUT2D eigenvalue weighted by molar-refractivity contribution is 6.04. The second-order valence-corrected chi connectivity index (χ2v) is 3.98. The van der Waals surface area contributed by atoms with Gasteiger partial charge in [-0.1, -0.05) is 36.4 Å². The van der Waals surface area contributed by atoms with Gasteiger partial charge in [-0.2, -0.15) is 0 Å². The minimum absolute atomic E-state index is 0.0428. The summed E-state index contributed by atoms with van der Waals surface area (Å²) in [6.45, 7) is 0. The Kier molecular flexibility index (Phi) is 2.76. The van der Waals surface area contributed by atoms with Gasteiger partial charge >= 0.3 is 11.9 Å². The zero-order chi connectivity index (χ0) is 13.3. The number of carboxylic acids is 2. The average Bonchev–Trinajstić information content (AvgIpc) is 2.36. The van der Waals surface area contributed by atoms with E-state index in [0.29, 0.717) is 0 Å². The fourth-order valence-electron chi connectivity index (χ4n) is 1.77. The molecule has 0 amide bonds. The number of nitrogens with two attached hydrogens (primary N) is 1. The largest absolute Gasteiger partial charge is 0.479 e. The van der Waals surface area contributed by atoms with Crippen LogP contribution in [-0.2, 0) is 15.1 Å². The van der Waals surface area contributed by atoms with Gasteiger partial charge in [0.2, 0.25) is 5.54 Å². The van der Waals surface area contributed by atoms with Crippen LogP contribution in [0.5, 0.6) is 0 Å². The molecule has 0 saturated carbocycles. The molecule has 0 unspecified atom stereocenters. The van der Waals surface area contributed by atoms with E-state index in [0.717, 1.165) is 10.8 Å². The Morgan fingerprint density at radius 1 is 0.944 bits per heavy atom. The molecular formula is C13H11NO4. The van der Waals surface area contributed by atoms with Crippen LogP contribution >= 0.6 is 0 Å². The molecule has 5 nitrogen and oxygen atoms in total. The Morgan fingerprint density at radius 3 is 2.06 bits per heavy atom. The standard InChI is InChI=1S/C13H11NO4/c14-13(11(15)16,12(17)18)10-6-5-8-3-1-2-4-9(8)7-10/h1-7H,14H2,(H,15,16)(H,17,18). The van der Waals surface area contributed by atoms with E-state index in [1.165, 1.54) is 12.1 Å². The lowest BCUT2D eigenvalue weighted by molar-refractivity contribution is -0.157. The van der Waals surface area contributed by atoms with Crippen LogP contribution in [0.1, 0.15) is 5.56 Å². The molecule has 0 heterocycles. The molecule has 18 heavy (non-hydrogen) atoms. The molecule has 0 atom stereocenters. The van der Waals surface area contributed by atoms with E-state index in [9.17, 15) is 9.59 Å². The highest BCUT2D eigenvalue weighted by atomic mass is 16.4. The summed E-state index contributed by atoms with van der Waals surface area (Å²) in [4.78, 5) is 22.2. The zero-order valence-corrected chi connectivity index (χ0v) is 9.33. The average molecular weight is 245 g/mol. The maximum absolute atomic E-state index is 11.1. The van der Waals surface area contributed by atoms with Gasteiger partial charge in [0.05, 0.1) is 0 Å². The first-order valence-corrected chi connectivity index (χ1v) is 5.21. The van der Waals surface area contributed by atoms with Gasteiger partial charge in [-0.25, -0.2) is 9.59 Å². The molecule has 0 spiro atoms. The van der Waals surface area contributed by atoms with Gasteiger partial charge in [-0.15, -0.1) is 0 Å². The third-order valence-corrected chi connectivity index (χ3v) is 2.88. The van der Waals surface area contributed by atoms with Crippen molar-refractivity contribution in [2.75, 3.05) is 0 Å². The Bertz CT molecular complexity index is 622. The number of hydrogen-bond acceptors (Lipinski definition) is 3. The van der Waals surface area contributed by atoms with E-state index in [1.54, 1.807) is 18.2 Å². The zero-order valence-electron chi connectivity index (χ0n) is 9.33. The van der Waals surface area contributed by atoms with E-state index in [2.05, 4.69) is 0 Å². The van der Waals surface area contributed by atoms with Crippen molar-refractivity contribution in [3.63, 3.8) is 0 Å². The number of aliphatic carboxylic acids is 2. The highest BCUT2D eigenvalue weighted by Crippen LogP contribution is 2.24. The number of carbonyl (C=O) groups is 2. The summed E-state index contributed by atoms with van der Waals surface area (Å²) in [6.07, 6.45) is 0. The van der Waals surface area contributed by atoms with Crippen molar-refractivity contribution in [3.05, 3.63) is 48.0 Å². The number of benzene rings is 2. The molecule has 5 heteroatoms. The number of carboxylic acid groups (broad SMARTS) is 2. The Labute approximate surface area is 102 Å². The van der Waals surface area contributed by atoms with Gasteiger partial charge < -0.3 is 15.9 Å². The third kappa shape index (κ3) is 1.70. The van der Waals surface area contributed by atoms with E-state index in [1.807, 2.05) is 12.1 Å². The molecular weight excluding hydrogens is 234 g/mol. The van der Waals surface area contributed by atoms with Gasteiger partial charge in [0.25, 0.3) is 0 Å². The molecule has 2 aromatic carbocycles. The number of fused-ring (bicyclic) bond motifs is 1. The van der Waals surface area contributed by atoms with Crippen molar-refractivity contribution in [1.29, 1.82) is 0 Å². The lowest BCUT2D eigenvalue weighted by Gasteiger charge is -2.20. The van der Waals surface area contributed by atoms with Crippen LogP contribution in [0.3, 0.4) is 0 Å². The van der Waals surface area contributed by atoms with Gasteiger partial charge in [-0.05, 0) is 22.4 Å². The van der Waals surface area contributed by atoms with Crippen molar-refractivity contribution in [1.82, 2.24) is 0 Å². The van der Waals surface area contributed by atoms with Crippen LogP contribution in [-0.4, -0.2) is 22.2 Å². The van der Waals surface area contributed by atoms with Crippen LogP contribution in [0.4, 0.5) is 0 Å². The molecule has 0 fully saturated rings. The summed E-state index contributed by atoms with van der Waals surface area (Å²) in [5, 5.41) is 19.7. The normalized spacial score (nSPS) is 11.4. The molecule has 0 radical (unpaired) electrons. The van der Waals surface area contributed by atoms with Crippen LogP contribution in [0, 0.1) is 0 Å². The first kappa shape index (κ1) is 12.1. The van der Waals surface area contributed by atoms with Gasteiger partial charge in [-0.3, -0.25) is 0 Å². The smallest absolute Gasteiger partial charge is 0.340 e. The minimum atomic E-state index is -2.43. The second-order valence-electron chi connectivity index (χ2n) is 3.98. The quantitative estimate of drug-likeness (QED) is 0.704. The molecule has 2 aromatic rings. The van der Waals surface area contributed by atoms with E-state index in [-0.39, 0.29) is 5.56 Å². The van der Waals surface area contributed by atoms with Crippen molar-refractivity contribution < 1.29 is 19.8 Å². The summed E-state index contributed by atoms with van der Waals surface area (Å²) in [5.41, 5.74) is 3.11. The van der Waals surface area contributed by atoms with Crippen LogP contribution in [0.2, 0.25) is 0 Å². The Balaban J connectivity index is 2.66. The SMILES string of the molecule is NC(C(=O)O)(C(=O)O)c1ccc2ccccc2c1. The number of rotatable bonds is 3. The predicted molar refractivity (Wildman–Crippen MR) is 65.1 cm³/mol. The third-order valence-electron chi connectivity index (χ3n) is 2.88. The molecule has 92 valence electrons. The second kappa shape index (κ2) is 4.12. The molecule has 0 aliphatic rings. The monoisotopic (exact) mass is 245 g/mol. The molecule has 0 bridgehead atoms. The maximum atomic E-state index is 11.1. The Morgan fingerprint density at radius 2 is 1.50 bits per heavy atom. The predicted octanol–water partition coefficient (Wildman–Crippen LogP) is 1.16. The summed E-state index contributed by atoms with van der Waals surface area (Å²) in [7, 11) is 0. The molecule has 0 aromatic heterocycles. The van der Waals surface area contributed by atoms with Crippen molar-refractivity contribution in [3.8, 4) is 0 Å². The lowest BCUT2D eigenvalue weighted by Crippen LogP contribution is -2.51. The van der Waals surface area contributed by atoms with E-state index in [4.69, 9.17) is 15.9 Å². The summed E-state index contributed by atoms with van der Waals surface area (Å²) in [6, 6.07) is 11.8. The van der Waals surface area contributed by atoms with E-state index >= 15 is 0 Å². The summed E-state index contributed by atoms with van der Waals surface area (Å²) < 4.78 is 0. The maximum Gasteiger partial charge on any atom is 0.340 e. The summed E-state index contributed by atoms with van der Waals surface area (Å²) in [5.74, 6) is -3.18. The molecule has 0 saturated heterocycles. The molecule has 2 rings (SSSR count). The van der Waals surface area contributed by atoms with Crippen molar-refractivity contribution in [2.45, 2.75) is 5.54 Å². The summed E-state index contributed by atoms with van der Waals surface area (Å²) >= 11 is 0. The van der Waals surface area contributed by atoms with Crippen molar-refractivity contribution in [2.24, 2.45) is 5.73 Å². The highest BCUT2D eigenvalue weighted by Gasteiger charge is 2.44. The van der Waals surface area contributed by atoms with Gasteiger partial charge in [0, 0.05) is 0 Å². The number of hydrogen-bond donors (Lipinski definition) is 3. The fraction of sp³-hybridized carbons (Fsp3) is 0.0769. The topological polar surface area (TPSA) is 101 Å². The Hall–Kier alpha value is -2.40. The van der Waals surface area contributed by atoms with E-state index < -0.39 is 17.5 Å². The molecule has 0 aliphatic carbocycles. The van der Waals surface area contributed by atoms with Crippen LogP contribution in [0.15, 0.2) is 42.5 Å². The van der Waals surface area contributed by atoms with Gasteiger partial charge in [0.15, 0.2) is 0 Å². The van der Waals surface area contributed by atoms with Crippen molar-refractivity contribution >= 4 is 22.7 Å². The molecule has 0 aliphatic heterocycles. The van der Waals surface area contributed by atoms with Crippen LogP contribution in [0.25, 0.3) is 10.8 Å². The lowest BCUT2D eigenvalue weighted by atomic mass is 9.89. The first-order chi connectivity index (χ1) is 8.46. The molecule has 4 N–H and O–H groups in total.